The fraction of sp³-hybridized carbons (Fsp3) is 0.222. The van der Waals surface area contributed by atoms with E-state index in [4.69, 9.17) is 9.52 Å². The van der Waals surface area contributed by atoms with Crippen molar-refractivity contribution in [1.82, 2.24) is 4.31 Å². The minimum Gasteiger partial charge on any atom is -0.478 e. The minimum absolute atomic E-state index is 0.0233. The third-order valence-corrected chi connectivity index (χ3v) is 6.28. The molecule has 0 amide bonds. The molecule has 26 heavy (non-hydrogen) atoms. The van der Waals surface area contributed by atoms with E-state index in [9.17, 15) is 18.0 Å². The average Bonchev–Trinajstić information content (AvgIpc) is 2.62. The number of carboxylic acid groups (broad SMARTS) is 1. The Morgan fingerprint density at radius 2 is 1.73 bits per heavy atom. The highest BCUT2D eigenvalue weighted by Gasteiger charge is 2.22. The van der Waals surface area contributed by atoms with E-state index < -0.39 is 21.4 Å². The highest BCUT2D eigenvalue weighted by atomic mass is 32.2. The van der Waals surface area contributed by atoms with E-state index in [1.807, 2.05) is 0 Å². The van der Waals surface area contributed by atoms with Crippen molar-refractivity contribution >= 4 is 37.9 Å². The van der Waals surface area contributed by atoms with Gasteiger partial charge in [0.2, 0.25) is 15.5 Å². The average molecular weight is 375 g/mol. The quantitative estimate of drug-likeness (QED) is 0.688. The maximum absolute atomic E-state index is 12.7. The number of sulfonamides is 1. The predicted molar refractivity (Wildman–Crippen MR) is 97.1 cm³/mol. The second kappa shape index (κ2) is 6.54. The fourth-order valence-electron chi connectivity index (χ4n) is 2.84. The largest absolute Gasteiger partial charge is 0.478 e. The first kappa shape index (κ1) is 18.1. The van der Waals surface area contributed by atoms with Crippen molar-refractivity contribution in [2.24, 2.45) is 0 Å². The molecule has 0 atom stereocenters. The van der Waals surface area contributed by atoms with Crippen LogP contribution in [0.2, 0.25) is 0 Å². The number of benzene rings is 2. The van der Waals surface area contributed by atoms with E-state index in [0.717, 1.165) is 0 Å². The lowest BCUT2D eigenvalue weighted by atomic mass is 10.1. The van der Waals surface area contributed by atoms with Crippen LogP contribution in [0.4, 0.5) is 0 Å². The van der Waals surface area contributed by atoms with Crippen LogP contribution in [-0.2, 0) is 10.0 Å². The lowest BCUT2D eigenvalue weighted by molar-refractivity contribution is 0.0697. The maximum Gasteiger partial charge on any atom is 0.335 e. The minimum atomic E-state index is -3.68. The van der Waals surface area contributed by atoms with E-state index in [-0.39, 0.29) is 32.4 Å². The molecule has 1 aromatic heterocycles. The summed E-state index contributed by atoms with van der Waals surface area (Å²) in [6, 6.07) is 8.06. The van der Waals surface area contributed by atoms with Gasteiger partial charge in [-0.05, 0) is 30.3 Å². The van der Waals surface area contributed by atoms with Crippen molar-refractivity contribution in [2.75, 3.05) is 13.1 Å². The Labute approximate surface area is 149 Å². The normalized spacial score (nSPS) is 12.1. The van der Waals surface area contributed by atoms with Crippen molar-refractivity contribution in [2.45, 2.75) is 18.7 Å². The fourth-order valence-corrected chi connectivity index (χ4v) is 4.31. The molecule has 136 valence electrons. The third-order valence-electron chi connectivity index (χ3n) is 4.23. The summed E-state index contributed by atoms with van der Waals surface area (Å²) in [5, 5.41) is 9.40. The molecule has 0 aliphatic rings. The van der Waals surface area contributed by atoms with Gasteiger partial charge in [-0.1, -0.05) is 13.8 Å². The van der Waals surface area contributed by atoms with Gasteiger partial charge in [0.25, 0.3) is 0 Å². The van der Waals surface area contributed by atoms with Crippen molar-refractivity contribution < 1.29 is 22.7 Å². The van der Waals surface area contributed by atoms with Gasteiger partial charge < -0.3 is 9.52 Å². The second-order valence-corrected chi connectivity index (χ2v) is 7.63. The predicted octanol–water partition coefficient (Wildman–Crippen LogP) is 2.67. The van der Waals surface area contributed by atoms with Crippen LogP contribution in [0.1, 0.15) is 24.2 Å². The molecule has 1 heterocycles. The van der Waals surface area contributed by atoms with Gasteiger partial charge in [-0.25, -0.2) is 13.2 Å². The molecule has 0 aliphatic heterocycles. The van der Waals surface area contributed by atoms with Crippen LogP contribution < -0.4 is 5.43 Å². The summed E-state index contributed by atoms with van der Waals surface area (Å²) < 4.78 is 32.3. The summed E-state index contributed by atoms with van der Waals surface area (Å²) in [7, 11) is -3.68. The van der Waals surface area contributed by atoms with E-state index in [1.165, 1.54) is 40.7 Å². The van der Waals surface area contributed by atoms with Gasteiger partial charge in [0, 0.05) is 19.2 Å². The molecule has 2 aromatic carbocycles. The van der Waals surface area contributed by atoms with Gasteiger partial charge in [-0.3, -0.25) is 4.79 Å². The molecule has 1 N–H and O–H groups in total. The number of hydrogen-bond acceptors (Lipinski definition) is 5. The molecule has 0 fully saturated rings. The summed E-state index contributed by atoms with van der Waals surface area (Å²) in [6.07, 6.45) is 0. The number of aromatic carboxylic acids is 1. The molecule has 7 nitrogen and oxygen atoms in total. The van der Waals surface area contributed by atoms with Gasteiger partial charge >= 0.3 is 5.97 Å². The van der Waals surface area contributed by atoms with E-state index in [2.05, 4.69) is 0 Å². The Bertz CT molecular complexity index is 1180. The summed E-state index contributed by atoms with van der Waals surface area (Å²) in [6.45, 7) is 4.15. The molecule has 0 radical (unpaired) electrons. The second-order valence-electron chi connectivity index (χ2n) is 5.69. The number of fused-ring (bicyclic) bond motifs is 2. The zero-order valence-electron chi connectivity index (χ0n) is 14.2. The topological polar surface area (TPSA) is 105 Å². The highest BCUT2D eigenvalue weighted by Crippen LogP contribution is 2.24. The van der Waals surface area contributed by atoms with Crippen LogP contribution in [0.5, 0.6) is 0 Å². The standard InChI is InChI=1S/C18H17NO6S/c1-3-19(4-2)26(23,24)12-6-7-13-16(10-12)25-15-8-5-11(18(21)22)9-14(15)17(13)20/h5-10H,3-4H2,1-2H3,(H,21,22). The summed E-state index contributed by atoms with van der Waals surface area (Å²) in [5.74, 6) is -1.15. The number of nitrogens with zero attached hydrogens (tertiary/aromatic N) is 1. The SMILES string of the molecule is CCN(CC)S(=O)(=O)c1ccc2c(=O)c3cc(C(=O)O)ccc3oc2c1. The number of rotatable bonds is 5. The maximum atomic E-state index is 12.7. The van der Waals surface area contributed by atoms with Crippen molar-refractivity contribution in [3.63, 3.8) is 0 Å². The Hall–Kier alpha value is -2.71. The molecular weight excluding hydrogens is 358 g/mol. The first-order chi connectivity index (χ1) is 12.3. The monoisotopic (exact) mass is 375 g/mol. The number of hydrogen-bond donors (Lipinski definition) is 1. The lowest BCUT2D eigenvalue weighted by Crippen LogP contribution is -2.30. The van der Waals surface area contributed by atoms with Crippen LogP contribution in [0.15, 0.2) is 50.5 Å². The van der Waals surface area contributed by atoms with Gasteiger partial charge in [-0.2, -0.15) is 4.31 Å². The molecule has 0 bridgehead atoms. The molecule has 0 unspecified atom stereocenters. The Morgan fingerprint density at radius 1 is 1.04 bits per heavy atom. The first-order valence-electron chi connectivity index (χ1n) is 8.03. The molecule has 3 aromatic rings. The van der Waals surface area contributed by atoms with E-state index >= 15 is 0 Å². The third kappa shape index (κ3) is 2.87. The van der Waals surface area contributed by atoms with Gasteiger partial charge in [0.05, 0.1) is 21.2 Å². The first-order valence-corrected chi connectivity index (χ1v) is 9.47. The van der Waals surface area contributed by atoms with Crippen molar-refractivity contribution in [1.29, 1.82) is 0 Å². The lowest BCUT2D eigenvalue weighted by Gasteiger charge is -2.18. The van der Waals surface area contributed by atoms with Crippen LogP contribution in [0, 0.1) is 0 Å². The molecule has 0 spiro atoms. The van der Waals surface area contributed by atoms with E-state index in [1.54, 1.807) is 13.8 Å². The van der Waals surface area contributed by atoms with Gasteiger partial charge in [-0.15, -0.1) is 0 Å². The van der Waals surface area contributed by atoms with E-state index in [0.29, 0.717) is 13.1 Å². The zero-order chi connectivity index (χ0) is 19.1. The highest BCUT2D eigenvalue weighted by molar-refractivity contribution is 7.89. The van der Waals surface area contributed by atoms with Crippen LogP contribution in [-0.4, -0.2) is 36.9 Å². The Kier molecular flexibility index (Phi) is 4.55. The Morgan fingerprint density at radius 3 is 2.35 bits per heavy atom. The molecule has 0 saturated heterocycles. The smallest absolute Gasteiger partial charge is 0.335 e. The summed E-state index contributed by atoms with van der Waals surface area (Å²) in [5.41, 5.74) is -0.0929. The summed E-state index contributed by atoms with van der Waals surface area (Å²) in [4.78, 5) is 23.8. The van der Waals surface area contributed by atoms with Crippen LogP contribution in [0.25, 0.3) is 21.9 Å². The van der Waals surface area contributed by atoms with Crippen LogP contribution in [0.3, 0.4) is 0 Å². The molecular formula is C18H17NO6S. The number of carboxylic acids is 1. The van der Waals surface area contributed by atoms with Crippen LogP contribution >= 0.6 is 0 Å². The van der Waals surface area contributed by atoms with Crippen molar-refractivity contribution in [3.05, 3.63) is 52.2 Å². The molecule has 8 heteroatoms. The number of carbonyl (C=O) groups is 1. The van der Waals surface area contributed by atoms with Gasteiger partial charge in [0.15, 0.2) is 0 Å². The zero-order valence-corrected chi connectivity index (χ0v) is 15.0. The van der Waals surface area contributed by atoms with Crippen molar-refractivity contribution in [3.8, 4) is 0 Å². The molecule has 3 rings (SSSR count). The molecule has 0 aliphatic carbocycles. The molecule has 0 saturated carbocycles. The summed E-state index contributed by atoms with van der Waals surface area (Å²) >= 11 is 0. The van der Waals surface area contributed by atoms with Gasteiger partial charge in [0.1, 0.15) is 11.2 Å². The Balaban J connectivity index is 2.26.